The molecule has 0 aliphatic rings. The summed E-state index contributed by atoms with van der Waals surface area (Å²) in [5, 5.41) is 3.47. The second kappa shape index (κ2) is 5.53. The first kappa shape index (κ1) is 11.7. The molecule has 0 bridgehead atoms. The van der Waals surface area contributed by atoms with Gasteiger partial charge in [0, 0.05) is 11.4 Å². The summed E-state index contributed by atoms with van der Waals surface area (Å²) >= 11 is 0. The normalized spacial score (nSPS) is 10.2. The zero-order valence-electron chi connectivity index (χ0n) is 10.5. The van der Waals surface area contributed by atoms with Crippen molar-refractivity contribution < 1.29 is 0 Å². The van der Waals surface area contributed by atoms with Gasteiger partial charge in [0.2, 0.25) is 0 Å². The number of nitrogens with one attached hydrogen (secondary N) is 1. The summed E-state index contributed by atoms with van der Waals surface area (Å²) in [6, 6.07) is 17.0. The molecule has 0 aromatic heterocycles. The number of rotatable bonds is 4. The van der Waals surface area contributed by atoms with Crippen LogP contribution in [0.1, 0.15) is 25.0 Å². The maximum Gasteiger partial charge on any atom is 0.0416 e. The molecule has 0 saturated carbocycles. The van der Waals surface area contributed by atoms with Crippen molar-refractivity contribution in [3.63, 3.8) is 0 Å². The van der Waals surface area contributed by atoms with Crippen molar-refractivity contribution in [1.82, 2.24) is 0 Å². The molecular weight excluding hydrogens is 206 g/mol. The van der Waals surface area contributed by atoms with E-state index < -0.39 is 0 Å². The molecule has 2 aromatic carbocycles. The standard InChI is InChI=1S/C16H19N/c1-3-13-10-11-16(14(4-2)12-13)17-15-8-6-5-7-9-15/h5-12,17H,3-4H2,1-2H3. The van der Waals surface area contributed by atoms with E-state index in [1.54, 1.807) is 0 Å². The van der Waals surface area contributed by atoms with Gasteiger partial charge < -0.3 is 5.32 Å². The Bertz CT molecular complexity index is 474. The van der Waals surface area contributed by atoms with E-state index in [0.29, 0.717) is 0 Å². The number of para-hydroxylation sites is 1. The summed E-state index contributed by atoms with van der Waals surface area (Å²) in [4.78, 5) is 0. The molecule has 0 saturated heterocycles. The molecule has 2 rings (SSSR count). The molecule has 1 nitrogen and oxygen atoms in total. The van der Waals surface area contributed by atoms with E-state index in [-0.39, 0.29) is 0 Å². The molecule has 0 atom stereocenters. The van der Waals surface area contributed by atoms with Crippen molar-refractivity contribution in [2.24, 2.45) is 0 Å². The Morgan fingerprint density at radius 2 is 1.65 bits per heavy atom. The van der Waals surface area contributed by atoms with Crippen LogP contribution in [0.2, 0.25) is 0 Å². The average Bonchev–Trinajstić information content (AvgIpc) is 2.40. The second-order valence-corrected chi connectivity index (χ2v) is 4.19. The van der Waals surface area contributed by atoms with Gasteiger partial charge in [0.1, 0.15) is 0 Å². The van der Waals surface area contributed by atoms with Crippen LogP contribution in [-0.2, 0) is 12.8 Å². The Hall–Kier alpha value is -1.76. The average molecular weight is 225 g/mol. The smallest absolute Gasteiger partial charge is 0.0416 e. The number of anilines is 2. The third-order valence-corrected chi connectivity index (χ3v) is 3.01. The van der Waals surface area contributed by atoms with Gasteiger partial charge in [-0.25, -0.2) is 0 Å². The monoisotopic (exact) mass is 225 g/mol. The third kappa shape index (κ3) is 2.88. The van der Waals surface area contributed by atoms with E-state index in [0.717, 1.165) is 18.5 Å². The van der Waals surface area contributed by atoms with Gasteiger partial charge >= 0.3 is 0 Å². The van der Waals surface area contributed by atoms with Crippen LogP contribution in [0.5, 0.6) is 0 Å². The van der Waals surface area contributed by atoms with E-state index in [4.69, 9.17) is 0 Å². The number of hydrogen-bond acceptors (Lipinski definition) is 1. The zero-order valence-corrected chi connectivity index (χ0v) is 10.5. The van der Waals surface area contributed by atoms with Gasteiger partial charge in [0.05, 0.1) is 0 Å². The summed E-state index contributed by atoms with van der Waals surface area (Å²) < 4.78 is 0. The lowest BCUT2D eigenvalue weighted by Gasteiger charge is -2.12. The molecule has 0 radical (unpaired) electrons. The molecule has 1 heteroatoms. The van der Waals surface area contributed by atoms with E-state index in [2.05, 4.69) is 49.5 Å². The molecule has 88 valence electrons. The van der Waals surface area contributed by atoms with Crippen LogP contribution in [-0.4, -0.2) is 0 Å². The largest absolute Gasteiger partial charge is 0.355 e. The van der Waals surface area contributed by atoms with Crippen LogP contribution < -0.4 is 5.32 Å². The summed E-state index contributed by atoms with van der Waals surface area (Å²) in [6.07, 6.45) is 2.15. The van der Waals surface area contributed by atoms with Crippen molar-refractivity contribution >= 4 is 11.4 Å². The highest BCUT2D eigenvalue weighted by Gasteiger charge is 2.02. The van der Waals surface area contributed by atoms with Gasteiger partial charge in [-0.15, -0.1) is 0 Å². The highest BCUT2D eigenvalue weighted by atomic mass is 14.9. The molecule has 0 aliphatic carbocycles. The fourth-order valence-electron chi connectivity index (χ4n) is 1.96. The van der Waals surface area contributed by atoms with Crippen molar-refractivity contribution in [2.75, 3.05) is 5.32 Å². The van der Waals surface area contributed by atoms with Crippen LogP contribution in [0.25, 0.3) is 0 Å². The summed E-state index contributed by atoms with van der Waals surface area (Å²) in [5.41, 5.74) is 5.15. The minimum absolute atomic E-state index is 1.06. The third-order valence-electron chi connectivity index (χ3n) is 3.01. The summed E-state index contributed by atoms with van der Waals surface area (Å²) in [6.45, 7) is 4.39. The number of benzene rings is 2. The fraction of sp³-hybridized carbons (Fsp3) is 0.250. The molecule has 17 heavy (non-hydrogen) atoms. The summed E-state index contributed by atoms with van der Waals surface area (Å²) in [7, 11) is 0. The molecule has 1 N–H and O–H groups in total. The quantitative estimate of drug-likeness (QED) is 0.804. The lowest BCUT2D eigenvalue weighted by Crippen LogP contribution is -1.96. The van der Waals surface area contributed by atoms with Crippen molar-refractivity contribution in [2.45, 2.75) is 26.7 Å². The Balaban J connectivity index is 2.26. The van der Waals surface area contributed by atoms with Crippen LogP contribution in [0, 0.1) is 0 Å². The zero-order chi connectivity index (χ0) is 12.1. The Labute approximate surface area is 103 Å². The topological polar surface area (TPSA) is 12.0 Å². The first-order chi connectivity index (χ1) is 8.33. The van der Waals surface area contributed by atoms with Crippen LogP contribution in [0.15, 0.2) is 48.5 Å². The van der Waals surface area contributed by atoms with Crippen LogP contribution in [0.4, 0.5) is 11.4 Å². The summed E-state index contributed by atoms with van der Waals surface area (Å²) in [5.74, 6) is 0. The lowest BCUT2D eigenvalue weighted by molar-refractivity contribution is 1.09. The first-order valence-corrected chi connectivity index (χ1v) is 6.27. The minimum atomic E-state index is 1.06. The SMILES string of the molecule is CCc1ccc(Nc2ccccc2)c(CC)c1. The van der Waals surface area contributed by atoms with Gasteiger partial charge in [-0.3, -0.25) is 0 Å². The van der Waals surface area contributed by atoms with Gasteiger partial charge in [-0.1, -0.05) is 44.2 Å². The van der Waals surface area contributed by atoms with E-state index in [9.17, 15) is 0 Å². The molecular formula is C16H19N. The van der Waals surface area contributed by atoms with Crippen molar-refractivity contribution in [3.05, 3.63) is 59.7 Å². The Morgan fingerprint density at radius 3 is 2.29 bits per heavy atom. The fourth-order valence-corrected chi connectivity index (χ4v) is 1.96. The number of hydrogen-bond donors (Lipinski definition) is 1. The maximum absolute atomic E-state index is 3.47. The van der Waals surface area contributed by atoms with E-state index in [1.807, 2.05) is 18.2 Å². The van der Waals surface area contributed by atoms with Crippen molar-refractivity contribution in [3.8, 4) is 0 Å². The Kier molecular flexibility index (Phi) is 3.81. The Morgan fingerprint density at radius 1 is 0.882 bits per heavy atom. The van der Waals surface area contributed by atoms with Gasteiger partial charge in [-0.05, 0) is 42.2 Å². The molecule has 0 aliphatic heterocycles. The highest BCUT2D eigenvalue weighted by Crippen LogP contribution is 2.22. The van der Waals surface area contributed by atoms with Crippen LogP contribution in [0.3, 0.4) is 0 Å². The molecule has 2 aromatic rings. The molecule has 0 amide bonds. The predicted octanol–water partition coefficient (Wildman–Crippen LogP) is 4.56. The highest BCUT2D eigenvalue weighted by molar-refractivity contribution is 5.63. The van der Waals surface area contributed by atoms with Gasteiger partial charge in [-0.2, -0.15) is 0 Å². The van der Waals surface area contributed by atoms with Gasteiger partial charge in [0.15, 0.2) is 0 Å². The first-order valence-electron chi connectivity index (χ1n) is 6.27. The second-order valence-electron chi connectivity index (χ2n) is 4.19. The minimum Gasteiger partial charge on any atom is -0.355 e. The molecule has 0 heterocycles. The lowest BCUT2D eigenvalue weighted by atomic mass is 10.0. The van der Waals surface area contributed by atoms with Crippen molar-refractivity contribution in [1.29, 1.82) is 0 Å². The van der Waals surface area contributed by atoms with Crippen LogP contribution >= 0.6 is 0 Å². The number of aryl methyl sites for hydroxylation is 2. The van der Waals surface area contributed by atoms with Gasteiger partial charge in [0.25, 0.3) is 0 Å². The predicted molar refractivity (Wildman–Crippen MR) is 74.9 cm³/mol. The molecule has 0 spiro atoms. The molecule has 0 unspecified atom stereocenters. The van der Waals surface area contributed by atoms with E-state index in [1.165, 1.54) is 16.8 Å². The molecule has 0 fully saturated rings. The maximum atomic E-state index is 3.47. The van der Waals surface area contributed by atoms with E-state index >= 15 is 0 Å².